The zero-order valence-corrected chi connectivity index (χ0v) is 35.6. The van der Waals surface area contributed by atoms with Crippen LogP contribution in [0.25, 0.3) is 0 Å². The number of hydrogen-bond acceptors (Lipinski definition) is 10. The number of anilines is 8. The van der Waals surface area contributed by atoms with Gasteiger partial charge in [0, 0.05) is 0 Å². The van der Waals surface area contributed by atoms with Crippen LogP contribution < -0.4 is 40.2 Å². The third-order valence-corrected chi connectivity index (χ3v) is 9.71. The quantitative estimate of drug-likeness (QED) is 0.141. The second-order valence-electron chi connectivity index (χ2n) is 18.0. The van der Waals surface area contributed by atoms with Crippen molar-refractivity contribution < 1.29 is 28.5 Å². The summed E-state index contributed by atoms with van der Waals surface area (Å²) in [5.41, 5.74) is 10.3. The number of methoxy groups -OCH3 is 4. The SMILES string of the molecule is COc1c2cc(C(C)(C)C)cc1Nc1cc(C(C)(C)C)cc(c1OC)Nc1cc(C(C)(C)C)cc(c1OC)Nc1cc(C(C)(C)C)cc(c1OC)N2.O=C=O. The van der Waals surface area contributed by atoms with Gasteiger partial charge in [0.05, 0.1) is 73.9 Å². The molecule has 4 aromatic rings. The summed E-state index contributed by atoms with van der Waals surface area (Å²) in [6, 6.07) is 17.3. The Morgan fingerprint density at radius 3 is 0.564 bits per heavy atom. The molecule has 1 aliphatic heterocycles. The molecule has 55 heavy (non-hydrogen) atoms. The molecule has 0 atom stereocenters. The molecule has 0 saturated carbocycles. The second-order valence-corrected chi connectivity index (χ2v) is 18.0. The van der Waals surface area contributed by atoms with Crippen molar-refractivity contribution in [3.8, 4) is 23.0 Å². The fourth-order valence-electron chi connectivity index (χ4n) is 6.45. The minimum absolute atomic E-state index is 0.169. The van der Waals surface area contributed by atoms with Crippen LogP contribution in [0.1, 0.15) is 105 Å². The summed E-state index contributed by atoms with van der Waals surface area (Å²) in [5, 5.41) is 15.1. The van der Waals surface area contributed by atoms with E-state index >= 15 is 0 Å². The molecule has 4 N–H and O–H groups in total. The van der Waals surface area contributed by atoms with Crippen molar-refractivity contribution in [2.75, 3.05) is 49.7 Å². The fraction of sp³-hybridized carbons (Fsp3) is 0.444. The van der Waals surface area contributed by atoms with Gasteiger partial charge in [-0.05, 0) is 92.4 Å². The molecule has 0 aliphatic carbocycles. The maximum absolute atomic E-state index is 8.12. The number of fused-ring (bicyclic) bond motifs is 8. The normalized spacial score (nSPS) is 12.7. The summed E-state index contributed by atoms with van der Waals surface area (Å²) in [4.78, 5) is 16.2. The lowest BCUT2D eigenvalue weighted by Gasteiger charge is -2.29. The highest BCUT2D eigenvalue weighted by atomic mass is 16.5. The summed E-state index contributed by atoms with van der Waals surface area (Å²) in [7, 11) is 6.83. The molecule has 1 aliphatic rings. The number of ether oxygens (including phenoxy) is 4. The van der Waals surface area contributed by atoms with Gasteiger partial charge in [-0.15, -0.1) is 0 Å². The van der Waals surface area contributed by atoms with E-state index in [0.29, 0.717) is 23.0 Å². The van der Waals surface area contributed by atoms with Crippen LogP contribution in [0.2, 0.25) is 0 Å². The fourth-order valence-corrected chi connectivity index (χ4v) is 6.45. The first kappa shape index (κ1) is 42.4. The highest BCUT2D eigenvalue weighted by Crippen LogP contribution is 2.50. The first-order valence-corrected chi connectivity index (χ1v) is 18.5. The summed E-state index contributed by atoms with van der Waals surface area (Å²) >= 11 is 0. The molecule has 0 unspecified atom stereocenters. The summed E-state index contributed by atoms with van der Waals surface area (Å²) in [6.07, 6.45) is 0.250. The van der Waals surface area contributed by atoms with E-state index in [-0.39, 0.29) is 27.8 Å². The molecule has 0 aromatic heterocycles. The van der Waals surface area contributed by atoms with Crippen molar-refractivity contribution in [3.05, 3.63) is 70.8 Å². The summed E-state index contributed by atoms with van der Waals surface area (Å²) < 4.78 is 24.9. The Morgan fingerprint density at radius 1 is 0.345 bits per heavy atom. The Balaban J connectivity index is 0.00000217. The lowest BCUT2D eigenvalue weighted by atomic mass is 9.85. The van der Waals surface area contributed by atoms with Crippen LogP contribution in [0.3, 0.4) is 0 Å². The van der Waals surface area contributed by atoms with Crippen LogP contribution >= 0.6 is 0 Å². The Labute approximate surface area is 327 Å². The number of benzene rings is 4. The van der Waals surface area contributed by atoms with Crippen molar-refractivity contribution in [2.45, 2.75) is 105 Å². The van der Waals surface area contributed by atoms with Gasteiger partial charge in [-0.3, -0.25) is 0 Å². The van der Waals surface area contributed by atoms with Gasteiger partial charge in [-0.2, -0.15) is 9.59 Å². The van der Waals surface area contributed by atoms with Crippen LogP contribution in [0.4, 0.5) is 45.5 Å². The average Bonchev–Trinajstić information content (AvgIpc) is 3.06. The predicted octanol–water partition coefficient (Wildman–Crippen LogP) is 11.6. The van der Waals surface area contributed by atoms with Crippen LogP contribution in [0.5, 0.6) is 23.0 Å². The molecule has 296 valence electrons. The second kappa shape index (κ2) is 15.8. The van der Waals surface area contributed by atoms with E-state index in [2.05, 4.69) is 153 Å². The molecule has 0 amide bonds. The molecule has 0 spiro atoms. The highest BCUT2D eigenvalue weighted by Gasteiger charge is 2.28. The van der Waals surface area contributed by atoms with Crippen molar-refractivity contribution in [2.24, 2.45) is 0 Å². The maximum atomic E-state index is 8.12. The lowest BCUT2D eigenvalue weighted by Crippen LogP contribution is -2.16. The van der Waals surface area contributed by atoms with E-state index in [1.54, 1.807) is 28.4 Å². The highest BCUT2D eigenvalue weighted by molar-refractivity contribution is 5.90. The monoisotopic (exact) mass is 752 g/mol. The largest absolute Gasteiger partial charge is 0.492 e. The van der Waals surface area contributed by atoms with Crippen molar-refractivity contribution in [1.29, 1.82) is 0 Å². The zero-order valence-electron chi connectivity index (χ0n) is 35.6. The summed E-state index contributed by atoms with van der Waals surface area (Å²) in [5.74, 6) is 2.66. The predicted molar refractivity (Wildman–Crippen MR) is 225 cm³/mol. The smallest absolute Gasteiger partial charge is 0.373 e. The van der Waals surface area contributed by atoms with Gasteiger partial charge in [-0.25, -0.2) is 0 Å². The maximum Gasteiger partial charge on any atom is 0.373 e. The molecule has 0 saturated heterocycles. The first-order chi connectivity index (χ1) is 25.5. The topological polar surface area (TPSA) is 119 Å². The molecule has 0 radical (unpaired) electrons. The third kappa shape index (κ3) is 9.31. The number of carbonyl (C=O) groups excluding carboxylic acids is 2. The van der Waals surface area contributed by atoms with Gasteiger partial charge >= 0.3 is 6.15 Å². The molecule has 0 fully saturated rings. The van der Waals surface area contributed by atoms with Crippen LogP contribution in [0.15, 0.2) is 48.5 Å². The van der Waals surface area contributed by atoms with Crippen molar-refractivity contribution in [3.63, 3.8) is 0 Å². The minimum atomic E-state index is -0.169. The van der Waals surface area contributed by atoms with Gasteiger partial charge < -0.3 is 40.2 Å². The van der Waals surface area contributed by atoms with Crippen molar-refractivity contribution in [1.82, 2.24) is 0 Å². The molecule has 10 nitrogen and oxygen atoms in total. The number of rotatable bonds is 4. The van der Waals surface area contributed by atoms with E-state index in [1.807, 2.05) is 0 Å². The van der Waals surface area contributed by atoms with Gasteiger partial charge in [0.25, 0.3) is 0 Å². The Morgan fingerprint density at radius 2 is 0.473 bits per heavy atom. The molecule has 4 aromatic carbocycles. The van der Waals surface area contributed by atoms with Crippen molar-refractivity contribution >= 4 is 51.7 Å². The van der Waals surface area contributed by atoms with E-state index in [9.17, 15) is 0 Å². The summed E-state index contributed by atoms with van der Waals surface area (Å²) in [6.45, 7) is 26.6. The van der Waals surface area contributed by atoms with E-state index in [0.717, 1.165) is 67.8 Å². The molecule has 5 rings (SSSR count). The van der Waals surface area contributed by atoms with Crippen LogP contribution in [-0.2, 0) is 31.2 Å². The number of hydrogen-bond donors (Lipinski definition) is 4. The van der Waals surface area contributed by atoms with Crippen LogP contribution in [0, 0.1) is 0 Å². The zero-order chi connectivity index (χ0) is 41.3. The lowest BCUT2D eigenvalue weighted by molar-refractivity contribution is -0.191. The minimum Gasteiger partial charge on any atom is -0.492 e. The Kier molecular flexibility index (Phi) is 12.2. The molecular formula is C45H60N4O6. The van der Waals surface area contributed by atoms with E-state index in [1.165, 1.54) is 0 Å². The number of nitrogens with one attached hydrogen (secondary N) is 4. The van der Waals surface area contributed by atoms with E-state index < -0.39 is 0 Å². The van der Waals surface area contributed by atoms with Gasteiger partial charge in [0.1, 0.15) is 0 Å². The molecule has 1 heterocycles. The molecule has 10 heteroatoms. The Bertz CT molecular complexity index is 1690. The van der Waals surface area contributed by atoms with Gasteiger partial charge in [-0.1, -0.05) is 83.1 Å². The Hall–Kier alpha value is -5.34. The first-order valence-electron chi connectivity index (χ1n) is 18.5. The van der Waals surface area contributed by atoms with Gasteiger partial charge in [0.15, 0.2) is 23.0 Å². The standard InChI is InChI=1S/C44H60N4O4.CO2/c1-41(2,3)25-17-29-37(49-13)30(18-25)46-32-20-27(43(7,8)9)22-34(39(32)51-15)48-36-24-28(44(10,11)12)23-35(40(36)52-16)47-33-21-26(42(4,5)6)19-31(45-29)38(33)50-14;2-1-3/h17-24,45-48H,1-16H3;. The third-order valence-electron chi connectivity index (χ3n) is 9.71. The van der Waals surface area contributed by atoms with E-state index in [4.69, 9.17) is 28.5 Å². The molecule has 8 bridgehead atoms. The van der Waals surface area contributed by atoms with Crippen LogP contribution in [-0.4, -0.2) is 34.6 Å². The average molecular weight is 753 g/mol. The van der Waals surface area contributed by atoms with Gasteiger partial charge in [0.2, 0.25) is 0 Å². The molecular weight excluding hydrogens is 693 g/mol.